The fourth-order valence-electron chi connectivity index (χ4n) is 3.01. The van der Waals surface area contributed by atoms with Gasteiger partial charge in [-0.15, -0.1) is 0 Å². The second-order valence-electron chi connectivity index (χ2n) is 5.66. The van der Waals surface area contributed by atoms with E-state index in [0.717, 1.165) is 17.7 Å². The molecule has 0 spiro atoms. The number of fused-ring (bicyclic) bond motifs is 1. The lowest BCUT2D eigenvalue weighted by atomic mass is 9.86. The molecule has 0 saturated carbocycles. The van der Waals surface area contributed by atoms with E-state index >= 15 is 0 Å². The van der Waals surface area contributed by atoms with Crippen molar-refractivity contribution in [1.29, 1.82) is 0 Å². The van der Waals surface area contributed by atoms with Gasteiger partial charge in [0.2, 0.25) is 5.28 Å². The van der Waals surface area contributed by atoms with Gasteiger partial charge < -0.3 is 4.90 Å². The Morgan fingerprint density at radius 3 is 2.89 bits per heavy atom. The standard InChI is InChI=1S/C13H18ClN5/c1-7-4-8(2)9(3)19(6-7)12-10-5-15-18-11(10)16-13(14)17-12/h5,7-9H,4,6H2,1-3H3,(H,15,16,17,18). The summed E-state index contributed by atoms with van der Waals surface area (Å²) in [5, 5.41) is 8.12. The molecule has 19 heavy (non-hydrogen) atoms. The molecule has 1 fully saturated rings. The van der Waals surface area contributed by atoms with Crippen LogP contribution in [0.5, 0.6) is 0 Å². The van der Waals surface area contributed by atoms with Crippen molar-refractivity contribution in [2.75, 3.05) is 11.4 Å². The zero-order chi connectivity index (χ0) is 13.6. The fraction of sp³-hybridized carbons (Fsp3) is 0.615. The van der Waals surface area contributed by atoms with Gasteiger partial charge in [0.1, 0.15) is 5.82 Å². The number of aromatic nitrogens is 4. The number of aromatic amines is 1. The molecule has 0 radical (unpaired) electrons. The Kier molecular flexibility index (Phi) is 3.09. The van der Waals surface area contributed by atoms with Gasteiger partial charge in [-0.05, 0) is 36.8 Å². The molecule has 3 atom stereocenters. The molecule has 3 unspecified atom stereocenters. The zero-order valence-corrected chi connectivity index (χ0v) is 12.1. The summed E-state index contributed by atoms with van der Waals surface area (Å²) in [6.07, 6.45) is 3.03. The molecule has 1 aliphatic heterocycles. The number of anilines is 1. The van der Waals surface area contributed by atoms with Crippen LogP contribution in [-0.2, 0) is 0 Å². The van der Waals surface area contributed by atoms with Gasteiger partial charge in [-0.25, -0.2) is 0 Å². The van der Waals surface area contributed by atoms with Crippen LogP contribution in [0.25, 0.3) is 11.0 Å². The van der Waals surface area contributed by atoms with Gasteiger partial charge >= 0.3 is 0 Å². The van der Waals surface area contributed by atoms with E-state index in [-0.39, 0.29) is 5.28 Å². The second kappa shape index (κ2) is 4.63. The molecule has 2 aromatic rings. The molecule has 1 aliphatic rings. The third-order valence-corrected chi connectivity index (χ3v) is 4.30. The van der Waals surface area contributed by atoms with Gasteiger partial charge in [-0.1, -0.05) is 13.8 Å². The van der Waals surface area contributed by atoms with E-state index in [1.54, 1.807) is 6.20 Å². The quantitative estimate of drug-likeness (QED) is 0.816. The van der Waals surface area contributed by atoms with Crippen LogP contribution in [0.15, 0.2) is 6.20 Å². The number of nitrogens with one attached hydrogen (secondary N) is 1. The topological polar surface area (TPSA) is 57.7 Å². The van der Waals surface area contributed by atoms with E-state index in [9.17, 15) is 0 Å². The summed E-state index contributed by atoms with van der Waals surface area (Å²) < 4.78 is 0. The lowest BCUT2D eigenvalue weighted by Crippen LogP contribution is -2.46. The predicted molar refractivity (Wildman–Crippen MR) is 76.4 cm³/mol. The molecular formula is C13H18ClN5. The molecule has 3 rings (SSSR count). The monoisotopic (exact) mass is 279 g/mol. The van der Waals surface area contributed by atoms with Crippen molar-refractivity contribution in [3.05, 3.63) is 11.5 Å². The van der Waals surface area contributed by atoms with Crippen molar-refractivity contribution in [2.24, 2.45) is 11.8 Å². The first kappa shape index (κ1) is 12.7. The summed E-state index contributed by atoms with van der Waals surface area (Å²) in [7, 11) is 0. The lowest BCUT2D eigenvalue weighted by Gasteiger charge is -2.42. The number of rotatable bonds is 1. The van der Waals surface area contributed by atoms with Gasteiger partial charge in [0.25, 0.3) is 0 Å². The average molecular weight is 280 g/mol. The molecule has 6 heteroatoms. The lowest BCUT2D eigenvalue weighted by molar-refractivity contribution is 0.296. The van der Waals surface area contributed by atoms with Gasteiger partial charge in [0.05, 0.1) is 11.6 Å². The van der Waals surface area contributed by atoms with Gasteiger partial charge in [0.15, 0.2) is 5.65 Å². The predicted octanol–water partition coefficient (Wildman–Crippen LogP) is 2.88. The average Bonchev–Trinajstić information content (AvgIpc) is 2.80. The first-order valence-electron chi connectivity index (χ1n) is 6.69. The van der Waals surface area contributed by atoms with E-state index < -0.39 is 0 Å². The molecule has 1 saturated heterocycles. The highest BCUT2D eigenvalue weighted by molar-refractivity contribution is 6.28. The SMILES string of the molecule is CC1CC(C)C(C)N(c2nc(Cl)nc3[nH]ncc23)C1. The number of H-pyrrole nitrogens is 1. The molecular weight excluding hydrogens is 262 g/mol. The summed E-state index contributed by atoms with van der Waals surface area (Å²) in [6, 6.07) is 0.445. The number of hydrogen-bond acceptors (Lipinski definition) is 4. The number of hydrogen-bond donors (Lipinski definition) is 1. The second-order valence-corrected chi connectivity index (χ2v) is 6.00. The van der Waals surface area contributed by atoms with E-state index in [2.05, 4.69) is 45.8 Å². The van der Waals surface area contributed by atoms with Gasteiger partial charge in [-0.2, -0.15) is 15.1 Å². The Hall–Kier alpha value is -1.36. The first-order valence-corrected chi connectivity index (χ1v) is 7.07. The zero-order valence-electron chi connectivity index (χ0n) is 11.4. The van der Waals surface area contributed by atoms with Gasteiger partial charge in [0, 0.05) is 12.6 Å². The summed E-state index contributed by atoms with van der Waals surface area (Å²) in [6.45, 7) is 7.82. The van der Waals surface area contributed by atoms with E-state index in [1.807, 2.05) is 0 Å². The van der Waals surface area contributed by atoms with Crippen molar-refractivity contribution in [3.63, 3.8) is 0 Å². The molecule has 1 N–H and O–H groups in total. The Morgan fingerprint density at radius 2 is 2.11 bits per heavy atom. The van der Waals surface area contributed by atoms with Gasteiger partial charge in [-0.3, -0.25) is 5.10 Å². The molecule has 102 valence electrons. The van der Waals surface area contributed by atoms with Crippen LogP contribution in [0.1, 0.15) is 27.2 Å². The molecule has 0 bridgehead atoms. The molecule has 0 aliphatic carbocycles. The summed E-state index contributed by atoms with van der Waals surface area (Å²) >= 11 is 6.02. The van der Waals surface area contributed by atoms with E-state index in [1.165, 1.54) is 6.42 Å². The van der Waals surface area contributed by atoms with Crippen molar-refractivity contribution in [1.82, 2.24) is 20.2 Å². The summed E-state index contributed by atoms with van der Waals surface area (Å²) in [5.41, 5.74) is 0.702. The Balaban J connectivity index is 2.09. The molecule has 2 aromatic heterocycles. The van der Waals surface area contributed by atoms with E-state index in [4.69, 9.17) is 11.6 Å². The maximum atomic E-state index is 6.02. The van der Waals surface area contributed by atoms with Crippen LogP contribution in [0, 0.1) is 11.8 Å². The highest BCUT2D eigenvalue weighted by Crippen LogP contribution is 2.33. The third-order valence-electron chi connectivity index (χ3n) is 4.13. The van der Waals surface area contributed by atoms with E-state index in [0.29, 0.717) is 23.5 Å². The Bertz CT molecular complexity index is 596. The number of piperidine rings is 1. The van der Waals surface area contributed by atoms with Crippen molar-refractivity contribution < 1.29 is 0 Å². The number of halogens is 1. The largest absolute Gasteiger partial charge is 0.353 e. The maximum absolute atomic E-state index is 6.02. The molecule has 0 aromatic carbocycles. The third kappa shape index (κ3) is 2.16. The van der Waals surface area contributed by atoms with Crippen molar-refractivity contribution in [3.8, 4) is 0 Å². The van der Waals surface area contributed by atoms with Crippen LogP contribution >= 0.6 is 11.6 Å². The van der Waals surface area contributed by atoms with Crippen LogP contribution in [-0.4, -0.2) is 32.8 Å². The van der Waals surface area contributed by atoms with Crippen LogP contribution in [0.3, 0.4) is 0 Å². The maximum Gasteiger partial charge on any atom is 0.226 e. The highest BCUT2D eigenvalue weighted by Gasteiger charge is 2.31. The van der Waals surface area contributed by atoms with Crippen LogP contribution in [0.2, 0.25) is 5.28 Å². The minimum absolute atomic E-state index is 0.268. The summed E-state index contributed by atoms with van der Waals surface area (Å²) in [4.78, 5) is 10.9. The minimum atomic E-state index is 0.268. The first-order chi connectivity index (χ1) is 9.06. The van der Waals surface area contributed by atoms with Crippen molar-refractivity contribution in [2.45, 2.75) is 33.2 Å². The highest BCUT2D eigenvalue weighted by atomic mass is 35.5. The van der Waals surface area contributed by atoms with Crippen LogP contribution in [0.4, 0.5) is 5.82 Å². The van der Waals surface area contributed by atoms with Crippen LogP contribution < -0.4 is 4.90 Å². The minimum Gasteiger partial charge on any atom is -0.353 e. The molecule has 0 amide bonds. The molecule has 3 heterocycles. The fourth-order valence-corrected chi connectivity index (χ4v) is 3.17. The number of nitrogens with zero attached hydrogens (tertiary/aromatic N) is 4. The smallest absolute Gasteiger partial charge is 0.226 e. The Morgan fingerprint density at radius 1 is 1.32 bits per heavy atom. The van der Waals surface area contributed by atoms with Crippen molar-refractivity contribution >= 4 is 28.5 Å². The Labute approximate surface area is 117 Å². The normalized spacial score (nSPS) is 28.0. The molecule has 5 nitrogen and oxygen atoms in total. The summed E-state index contributed by atoms with van der Waals surface area (Å²) in [5.74, 6) is 2.19.